The summed E-state index contributed by atoms with van der Waals surface area (Å²) in [7, 11) is 0. The summed E-state index contributed by atoms with van der Waals surface area (Å²) in [6, 6.07) is 0.227. The highest BCUT2D eigenvalue weighted by atomic mass is 19.1. The molecule has 140 valence electrons. The SMILES string of the molecule is O=c1[nH]c(O)c(C=c2cnn3c(=NC4CC4)nc(N4CCC(F)C4)nc23)[nH]1. The normalized spacial score (nSPS) is 21.7. The van der Waals surface area contributed by atoms with Gasteiger partial charge in [0.1, 0.15) is 11.9 Å². The fourth-order valence-corrected chi connectivity index (χ4v) is 3.11. The van der Waals surface area contributed by atoms with Gasteiger partial charge in [0.05, 0.1) is 18.8 Å². The molecule has 11 heteroatoms. The van der Waals surface area contributed by atoms with Gasteiger partial charge in [0.15, 0.2) is 5.65 Å². The highest BCUT2D eigenvalue weighted by Crippen LogP contribution is 2.22. The number of hydrogen-bond acceptors (Lipinski definition) is 7. The van der Waals surface area contributed by atoms with Crippen LogP contribution in [0.15, 0.2) is 16.0 Å². The standard InChI is InChI=1S/C16H17FN8O2/c17-9-3-4-24(7-9)14-21-12-8(5-11-13(26)22-16(27)20-11)6-18-25(12)15(23-14)19-10-1-2-10/h5-6,9-10,26H,1-4,7H2,(H2,20,22,27). The van der Waals surface area contributed by atoms with Crippen molar-refractivity contribution in [3.8, 4) is 5.88 Å². The van der Waals surface area contributed by atoms with Gasteiger partial charge >= 0.3 is 5.69 Å². The van der Waals surface area contributed by atoms with Gasteiger partial charge in [0.2, 0.25) is 11.8 Å². The number of rotatable bonds is 3. The van der Waals surface area contributed by atoms with Crippen molar-refractivity contribution in [2.24, 2.45) is 4.99 Å². The summed E-state index contributed by atoms with van der Waals surface area (Å²) in [5.41, 5.74) is 0.608. The molecule has 10 nitrogen and oxygen atoms in total. The highest BCUT2D eigenvalue weighted by molar-refractivity contribution is 5.57. The van der Waals surface area contributed by atoms with Crippen LogP contribution in [0.25, 0.3) is 11.7 Å². The first-order chi connectivity index (χ1) is 13.1. The molecule has 1 unspecified atom stereocenters. The summed E-state index contributed by atoms with van der Waals surface area (Å²) in [5.74, 6) is 0.139. The van der Waals surface area contributed by atoms with Crippen molar-refractivity contribution in [3.05, 3.63) is 33.2 Å². The monoisotopic (exact) mass is 372 g/mol. The van der Waals surface area contributed by atoms with Crippen LogP contribution in [-0.2, 0) is 0 Å². The summed E-state index contributed by atoms with van der Waals surface area (Å²) in [5, 5.41) is 14.7. The van der Waals surface area contributed by atoms with Crippen LogP contribution in [0.5, 0.6) is 5.88 Å². The van der Waals surface area contributed by atoms with Crippen LogP contribution < -0.4 is 21.4 Å². The number of aromatic nitrogens is 6. The van der Waals surface area contributed by atoms with Crippen molar-refractivity contribution in [1.82, 2.24) is 29.5 Å². The minimum atomic E-state index is -0.897. The molecule has 1 aliphatic carbocycles. The van der Waals surface area contributed by atoms with Gasteiger partial charge in [0.25, 0.3) is 5.62 Å². The van der Waals surface area contributed by atoms with Crippen LogP contribution in [0.4, 0.5) is 10.3 Å². The van der Waals surface area contributed by atoms with Crippen molar-refractivity contribution in [3.63, 3.8) is 0 Å². The number of anilines is 1. The van der Waals surface area contributed by atoms with E-state index in [0.29, 0.717) is 35.4 Å². The second-order valence-corrected chi connectivity index (χ2v) is 6.84. The molecular formula is C16H17FN8O2. The Balaban J connectivity index is 1.71. The lowest BCUT2D eigenvalue weighted by Gasteiger charge is -2.14. The molecule has 4 heterocycles. The fourth-order valence-electron chi connectivity index (χ4n) is 3.11. The van der Waals surface area contributed by atoms with Gasteiger partial charge in [-0.1, -0.05) is 0 Å². The number of alkyl halides is 1. The van der Waals surface area contributed by atoms with Gasteiger partial charge in [-0.2, -0.15) is 19.6 Å². The van der Waals surface area contributed by atoms with Crippen LogP contribution >= 0.6 is 0 Å². The first-order valence-electron chi connectivity index (χ1n) is 8.78. The maximum absolute atomic E-state index is 13.6. The Morgan fingerprint density at radius 1 is 1.30 bits per heavy atom. The largest absolute Gasteiger partial charge is 0.493 e. The molecule has 5 rings (SSSR count). The predicted octanol–water partition coefficient (Wildman–Crippen LogP) is -0.995. The molecule has 0 radical (unpaired) electrons. The second-order valence-electron chi connectivity index (χ2n) is 6.84. The maximum atomic E-state index is 13.6. The van der Waals surface area contributed by atoms with Crippen molar-refractivity contribution < 1.29 is 9.50 Å². The zero-order chi connectivity index (χ0) is 18.5. The summed E-state index contributed by atoms with van der Waals surface area (Å²) in [4.78, 5) is 31.5. The predicted molar refractivity (Wildman–Crippen MR) is 93.0 cm³/mol. The average molecular weight is 372 g/mol. The first kappa shape index (κ1) is 16.0. The Kier molecular flexibility index (Phi) is 3.49. The number of nitrogens with one attached hydrogen (secondary N) is 2. The Morgan fingerprint density at radius 2 is 2.15 bits per heavy atom. The quantitative estimate of drug-likeness (QED) is 0.541. The van der Waals surface area contributed by atoms with E-state index in [2.05, 4.69) is 30.0 Å². The molecule has 3 aromatic heterocycles. The van der Waals surface area contributed by atoms with Crippen molar-refractivity contribution in [1.29, 1.82) is 0 Å². The summed E-state index contributed by atoms with van der Waals surface area (Å²) in [6.45, 7) is 0.789. The molecule has 1 aliphatic heterocycles. The molecule has 0 amide bonds. The van der Waals surface area contributed by atoms with E-state index in [1.165, 1.54) is 4.52 Å². The van der Waals surface area contributed by atoms with Crippen LogP contribution in [0.1, 0.15) is 25.0 Å². The fraction of sp³-hybridized carbons (Fsp3) is 0.438. The van der Waals surface area contributed by atoms with E-state index in [1.807, 2.05) is 0 Å². The first-order valence-corrected chi connectivity index (χ1v) is 8.78. The topological polar surface area (TPSA) is 128 Å². The summed E-state index contributed by atoms with van der Waals surface area (Å²) < 4.78 is 15.2. The lowest BCUT2D eigenvalue weighted by molar-refractivity contribution is 0.364. The molecule has 1 atom stereocenters. The molecule has 2 fully saturated rings. The number of H-pyrrole nitrogens is 2. The van der Waals surface area contributed by atoms with E-state index in [1.54, 1.807) is 17.2 Å². The number of fused-ring (bicyclic) bond motifs is 1. The van der Waals surface area contributed by atoms with E-state index < -0.39 is 11.9 Å². The third-order valence-corrected chi connectivity index (χ3v) is 4.66. The van der Waals surface area contributed by atoms with Crippen molar-refractivity contribution >= 4 is 17.7 Å². The smallest absolute Gasteiger partial charge is 0.326 e. The van der Waals surface area contributed by atoms with E-state index >= 15 is 0 Å². The number of halogens is 1. The van der Waals surface area contributed by atoms with E-state index in [4.69, 9.17) is 0 Å². The Bertz CT molecular complexity index is 1190. The minimum Gasteiger partial charge on any atom is -0.493 e. The summed E-state index contributed by atoms with van der Waals surface area (Å²) in [6.07, 6.45) is 4.69. The minimum absolute atomic E-state index is 0.223. The third kappa shape index (κ3) is 2.94. The van der Waals surface area contributed by atoms with Gasteiger partial charge in [-0.05, 0) is 25.3 Å². The third-order valence-electron chi connectivity index (χ3n) is 4.66. The summed E-state index contributed by atoms with van der Waals surface area (Å²) >= 11 is 0. The van der Waals surface area contributed by atoms with Crippen molar-refractivity contribution in [2.45, 2.75) is 31.5 Å². The molecule has 3 aromatic rings. The van der Waals surface area contributed by atoms with Gasteiger partial charge in [-0.3, -0.25) is 4.98 Å². The highest BCUT2D eigenvalue weighted by Gasteiger charge is 2.25. The van der Waals surface area contributed by atoms with Crippen molar-refractivity contribution in [2.75, 3.05) is 18.0 Å². The van der Waals surface area contributed by atoms with E-state index in [0.717, 1.165) is 12.8 Å². The number of imidazole rings is 1. The Labute approximate surface area is 151 Å². The zero-order valence-electron chi connectivity index (χ0n) is 14.3. The van der Waals surface area contributed by atoms with Gasteiger partial charge in [0, 0.05) is 11.8 Å². The molecule has 0 spiro atoms. The number of aromatic hydroxyl groups is 1. The molecule has 0 bridgehead atoms. The number of nitrogens with zero attached hydrogens (tertiary/aromatic N) is 6. The second kappa shape index (κ2) is 5.89. The molecule has 0 aromatic carbocycles. The molecule has 2 aliphatic rings. The lowest BCUT2D eigenvalue weighted by atomic mass is 10.3. The van der Waals surface area contributed by atoms with Crippen LogP contribution in [0, 0.1) is 0 Å². The molecule has 1 saturated heterocycles. The van der Waals surface area contributed by atoms with Crippen LogP contribution in [0.2, 0.25) is 0 Å². The molecule has 27 heavy (non-hydrogen) atoms. The van der Waals surface area contributed by atoms with Crippen LogP contribution in [0.3, 0.4) is 0 Å². The van der Waals surface area contributed by atoms with E-state index in [9.17, 15) is 14.3 Å². The van der Waals surface area contributed by atoms with Gasteiger partial charge < -0.3 is 15.0 Å². The molecule has 1 saturated carbocycles. The number of hydrogen-bond donors (Lipinski definition) is 3. The lowest BCUT2D eigenvalue weighted by Crippen LogP contribution is -2.30. The van der Waals surface area contributed by atoms with Gasteiger partial charge in [-0.15, -0.1) is 0 Å². The molecular weight excluding hydrogens is 355 g/mol. The Morgan fingerprint density at radius 3 is 2.81 bits per heavy atom. The molecule has 3 N–H and O–H groups in total. The van der Waals surface area contributed by atoms with Gasteiger partial charge in [-0.25, -0.2) is 14.2 Å². The van der Waals surface area contributed by atoms with Crippen LogP contribution in [-0.4, -0.2) is 60.0 Å². The van der Waals surface area contributed by atoms with E-state index in [-0.39, 0.29) is 24.2 Å². The average Bonchev–Trinajstić information content (AvgIpc) is 3.04. The Hall–Kier alpha value is -3.24. The zero-order valence-corrected chi connectivity index (χ0v) is 14.3. The number of aromatic amines is 2. The maximum Gasteiger partial charge on any atom is 0.326 e.